The normalized spacial score (nSPS) is 18.2. The van der Waals surface area contributed by atoms with Crippen LogP contribution >= 0.6 is 0 Å². The van der Waals surface area contributed by atoms with E-state index in [-0.39, 0.29) is 11.6 Å². The lowest BCUT2D eigenvalue weighted by molar-refractivity contribution is -0.137. The third kappa shape index (κ3) is 5.87. The second kappa shape index (κ2) is 9.90. The lowest BCUT2D eigenvalue weighted by Gasteiger charge is -2.40. The second-order valence-electron chi connectivity index (χ2n) is 8.69. The van der Waals surface area contributed by atoms with Crippen LogP contribution in [0.3, 0.4) is 0 Å². The average Bonchev–Trinajstić information content (AvgIpc) is 2.79. The predicted molar refractivity (Wildman–Crippen MR) is 128 cm³/mol. The summed E-state index contributed by atoms with van der Waals surface area (Å²) in [6, 6.07) is 22.3. The Kier molecular flexibility index (Phi) is 7.12. The third-order valence-corrected chi connectivity index (χ3v) is 7.49. The maximum Gasteiger partial charge on any atom is 0.417 e. The summed E-state index contributed by atoms with van der Waals surface area (Å²) >= 11 is 0. The van der Waals surface area contributed by atoms with Crippen LogP contribution in [0.5, 0.6) is 0 Å². The molecule has 0 radical (unpaired) electrons. The second-order valence-corrected chi connectivity index (χ2v) is 10.6. The van der Waals surface area contributed by atoms with E-state index in [0.29, 0.717) is 38.2 Å². The van der Waals surface area contributed by atoms with Gasteiger partial charge in [-0.2, -0.15) is 17.5 Å². The van der Waals surface area contributed by atoms with Crippen LogP contribution in [0.1, 0.15) is 16.7 Å². The van der Waals surface area contributed by atoms with Gasteiger partial charge < -0.3 is 0 Å². The van der Waals surface area contributed by atoms with E-state index in [1.807, 2.05) is 42.5 Å². The first-order chi connectivity index (χ1) is 16.1. The van der Waals surface area contributed by atoms with Gasteiger partial charge in [0.05, 0.1) is 11.8 Å². The Labute approximate surface area is 198 Å². The molecule has 180 valence electrons. The van der Waals surface area contributed by atoms with Crippen LogP contribution in [-0.4, -0.2) is 49.6 Å². The molecule has 1 aliphatic rings. The van der Waals surface area contributed by atoms with E-state index in [2.05, 4.69) is 4.90 Å². The Hall–Kier alpha value is -2.68. The predicted octanol–water partition coefficient (Wildman–Crippen LogP) is 5.06. The van der Waals surface area contributed by atoms with Gasteiger partial charge in [0.15, 0.2) is 0 Å². The number of alkyl halides is 3. The Morgan fingerprint density at radius 3 is 2.15 bits per heavy atom. The minimum absolute atomic E-state index is 0.159. The summed E-state index contributed by atoms with van der Waals surface area (Å²) in [5, 5.41) is 0. The molecular weight excluding hydrogens is 461 g/mol. The SMILES string of the molecule is CS(=O)(=O)N1CCN(Cc2ccc(-c3ccccc3C(F)(F)F)cc2)CC1Cc1ccccc1. The van der Waals surface area contributed by atoms with Crippen molar-refractivity contribution in [1.29, 1.82) is 0 Å². The van der Waals surface area contributed by atoms with Gasteiger partial charge >= 0.3 is 6.18 Å². The van der Waals surface area contributed by atoms with Crippen molar-refractivity contribution < 1.29 is 21.6 Å². The zero-order chi connectivity index (χ0) is 24.3. The lowest BCUT2D eigenvalue weighted by atomic mass is 9.98. The number of benzene rings is 3. The molecule has 8 heteroatoms. The number of sulfonamides is 1. The molecule has 1 heterocycles. The van der Waals surface area contributed by atoms with E-state index < -0.39 is 21.8 Å². The Morgan fingerprint density at radius 2 is 1.50 bits per heavy atom. The van der Waals surface area contributed by atoms with Crippen LogP contribution in [-0.2, 0) is 29.2 Å². The van der Waals surface area contributed by atoms with Crippen molar-refractivity contribution in [2.24, 2.45) is 0 Å². The number of hydrogen-bond acceptors (Lipinski definition) is 3. The molecule has 1 saturated heterocycles. The Morgan fingerprint density at radius 1 is 0.853 bits per heavy atom. The molecule has 0 aliphatic carbocycles. The highest BCUT2D eigenvalue weighted by atomic mass is 32.2. The molecule has 1 atom stereocenters. The molecule has 4 rings (SSSR count). The topological polar surface area (TPSA) is 40.6 Å². The molecule has 4 nitrogen and oxygen atoms in total. The van der Waals surface area contributed by atoms with Crippen LogP contribution < -0.4 is 0 Å². The molecule has 3 aromatic rings. The molecule has 0 spiro atoms. The first-order valence-corrected chi connectivity index (χ1v) is 12.9. The van der Waals surface area contributed by atoms with Gasteiger partial charge in [0.25, 0.3) is 0 Å². The molecule has 0 saturated carbocycles. The molecule has 1 aliphatic heterocycles. The van der Waals surface area contributed by atoms with Crippen molar-refractivity contribution in [2.45, 2.75) is 25.2 Å². The molecule has 34 heavy (non-hydrogen) atoms. The molecule has 0 aromatic heterocycles. The first-order valence-electron chi connectivity index (χ1n) is 11.1. The molecule has 3 aromatic carbocycles. The van der Waals surface area contributed by atoms with Gasteiger partial charge in [-0.15, -0.1) is 0 Å². The van der Waals surface area contributed by atoms with Crippen LogP contribution in [0.25, 0.3) is 11.1 Å². The van der Waals surface area contributed by atoms with Gasteiger partial charge in [-0.1, -0.05) is 72.8 Å². The number of hydrogen-bond donors (Lipinski definition) is 0. The van der Waals surface area contributed by atoms with E-state index in [1.165, 1.54) is 18.4 Å². The van der Waals surface area contributed by atoms with Gasteiger partial charge in [-0.3, -0.25) is 4.90 Å². The van der Waals surface area contributed by atoms with Gasteiger partial charge in [0.1, 0.15) is 0 Å². The number of nitrogens with zero attached hydrogens (tertiary/aromatic N) is 2. The van der Waals surface area contributed by atoms with Crippen LogP contribution in [0, 0.1) is 0 Å². The minimum atomic E-state index is -4.41. The van der Waals surface area contributed by atoms with E-state index in [1.54, 1.807) is 22.5 Å². The van der Waals surface area contributed by atoms with Crippen molar-refractivity contribution in [1.82, 2.24) is 9.21 Å². The van der Waals surface area contributed by atoms with Gasteiger partial charge in [0, 0.05) is 32.2 Å². The maximum atomic E-state index is 13.4. The maximum absolute atomic E-state index is 13.4. The molecule has 1 unspecified atom stereocenters. The molecule has 1 fully saturated rings. The highest BCUT2D eigenvalue weighted by molar-refractivity contribution is 7.88. The van der Waals surface area contributed by atoms with Gasteiger partial charge in [0.2, 0.25) is 10.0 Å². The summed E-state index contributed by atoms with van der Waals surface area (Å²) in [7, 11) is -3.33. The average molecular weight is 489 g/mol. The van der Waals surface area contributed by atoms with E-state index >= 15 is 0 Å². The largest absolute Gasteiger partial charge is 0.417 e. The summed E-state index contributed by atoms with van der Waals surface area (Å²) < 4.78 is 66.4. The first kappa shape index (κ1) is 24.4. The van der Waals surface area contributed by atoms with Gasteiger partial charge in [-0.05, 0) is 34.7 Å². The molecule has 0 N–H and O–H groups in total. The standard InChI is InChI=1S/C26H27F3N2O2S/c1-34(32,33)31-16-15-30(19-23(31)17-20-7-3-2-4-8-20)18-21-11-13-22(14-12-21)24-9-5-6-10-25(24)26(27,28)29/h2-14,23H,15-19H2,1H3. The summed E-state index contributed by atoms with van der Waals surface area (Å²) in [5.41, 5.74) is 2.07. The fraction of sp³-hybridized carbons (Fsp3) is 0.308. The Balaban J connectivity index is 1.49. The summed E-state index contributed by atoms with van der Waals surface area (Å²) in [5.74, 6) is 0. The Bertz CT molecular complexity index is 1210. The van der Waals surface area contributed by atoms with Crippen molar-refractivity contribution in [2.75, 3.05) is 25.9 Å². The highest BCUT2D eigenvalue weighted by Crippen LogP contribution is 2.37. The minimum Gasteiger partial charge on any atom is -0.296 e. The molecular formula is C26H27F3N2O2S. The monoisotopic (exact) mass is 488 g/mol. The molecule has 0 bridgehead atoms. The summed E-state index contributed by atoms with van der Waals surface area (Å²) in [4.78, 5) is 2.20. The zero-order valence-electron chi connectivity index (χ0n) is 18.9. The number of piperazine rings is 1. The van der Waals surface area contributed by atoms with Crippen LogP contribution in [0.4, 0.5) is 13.2 Å². The fourth-order valence-electron chi connectivity index (χ4n) is 4.57. The van der Waals surface area contributed by atoms with E-state index in [9.17, 15) is 21.6 Å². The highest BCUT2D eigenvalue weighted by Gasteiger charge is 2.34. The zero-order valence-corrected chi connectivity index (χ0v) is 19.7. The van der Waals surface area contributed by atoms with Crippen LogP contribution in [0.15, 0.2) is 78.9 Å². The van der Waals surface area contributed by atoms with Crippen LogP contribution in [0.2, 0.25) is 0 Å². The van der Waals surface area contributed by atoms with Crippen molar-refractivity contribution in [3.05, 3.63) is 95.6 Å². The summed E-state index contributed by atoms with van der Waals surface area (Å²) in [6.07, 6.45) is -2.54. The lowest BCUT2D eigenvalue weighted by Crippen LogP contribution is -2.55. The number of rotatable bonds is 6. The number of halogens is 3. The van der Waals surface area contributed by atoms with Crippen molar-refractivity contribution in [3.8, 4) is 11.1 Å². The van der Waals surface area contributed by atoms with Gasteiger partial charge in [-0.25, -0.2) is 8.42 Å². The van der Waals surface area contributed by atoms with Crippen molar-refractivity contribution >= 4 is 10.0 Å². The van der Waals surface area contributed by atoms with E-state index in [4.69, 9.17) is 0 Å². The van der Waals surface area contributed by atoms with Crippen molar-refractivity contribution in [3.63, 3.8) is 0 Å². The fourth-order valence-corrected chi connectivity index (χ4v) is 5.66. The smallest absolute Gasteiger partial charge is 0.296 e. The van der Waals surface area contributed by atoms with E-state index in [0.717, 1.165) is 17.2 Å². The molecule has 0 amide bonds. The summed E-state index contributed by atoms with van der Waals surface area (Å²) in [6.45, 7) is 2.19. The third-order valence-electron chi connectivity index (χ3n) is 6.16. The quantitative estimate of drug-likeness (QED) is 0.487.